The number of nitrogens with zero attached hydrogens (tertiary/aromatic N) is 1. The van der Waals surface area contributed by atoms with Gasteiger partial charge in [0, 0.05) is 24.7 Å². The summed E-state index contributed by atoms with van der Waals surface area (Å²) in [6, 6.07) is 4.86. The maximum Gasteiger partial charge on any atom is 0.244 e. The number of ether oxygens (including phenoxy) is 1. The predicted octanol–water partition coefficient (Wildman–Crippen LogP) is 2.08. The van der Waals surface area contributed by atoms with Gasteiger partial charge in [-0.2, -0.15) is 0 Å². The fraction of sp³-hybridized carbons (Fsp3) is 0.538. The predicted molar refractivity (Wildman–Crippen MR) is 81.9 cm³/mol. The molecule has 2 rings (SSSR count). The molecule has 1 unspecified atom stereocenters. The highest BCUT2D eigenvalue weighted by Gasteiger charge is 2.26. The molecule has 0 aliphatic carbocycles. The van der Waals surface area contributed by atoms with Crippen molar-refractivity contribution >= 4 is 31.6 Å². The highest BCUT2D eigenvalue weighted by atomic mass is 79.9. The van der Waals surface area contributed by atoms with E-state index < -0.39 is 10.0 Å². The summed E-state index contributed by atoms with van der Waals surface area (Å²) < 4.78 is 32.6. The first kappa shape index (κ1) is 15.8. The third kappa shape index (κ3) is 3.52. The third-order valence-corrected chi connectivity index (χ3v) is 5.81. The molecule has 0 aromatic heterocycles. The van der Waals surface area contributed by atoms with Crippen molar-refractivity contribution in [2.75, 3.05) is 32.5 Å². The molecule has 0 spiro atoms. The summed E-state index contributed by atoms with van der Waals surface area (Å²) in [4.78, 5) is 0.145. The number of nitrogens with two attached hydrogens (primary N) is 1. The van der Waals surface area contributed by atoms with Crippen molar-refractivity contribution in [3.63, 3.8) is 0 Å². The number of halogens is 1. The number of anilines is 1. The molecule has 0 bridgehead atoms. The zero-order chi connectivity index (χ0) is 14.8. The Bertz CT molecular complexity index is 571. The van der Waals surface area contributed by atoms with Gasteiger partial charge in [-0.05, 0) is 37.0 Å². The summed E-state index contributed by atoms with van der Waals surface area (Å²) in [7, 11) is -1.98. The van der Waals surface area contributed by atoms with Crippen LogP contribution in [0.2, 0.25) is 0 Å². The van der Waals surface area contributed by atoms with Crippen LogP contribution in [0.15, 0.2) is 27.6 Å². The SMILES string of the molecule is CN(CC1CCCOC1)S(=O)(=O)c1cc(Br)ccc1N. The average Bonchev–Trinajstić information content (AvgIpc) is 2.42. The molecular formula is C13H19BrN2O3S. The largest absolute Gasteiger partial charge is 0.398 e. The van der Waals surface area contributed by atoms with E-state index in [2.05, 4.69) is 15.9 Å². The van der Waals surface area contributed by atoms with Gasteiger partial charge in [0.15, 0.2) is 0 Å². The van der Waals surface area contributed by atoms with Crippen LogP contribution >= 0.6 is 15.9 Å². The summed E-state index contributed by atoms with van der Waals surface area (Å²) in [5, 5.41) is 0. The molecule has 1 fully saturated rings. The van der Waals surface area contributed by atoms with Crippen LogP contribution in [0.4, 0.5) is 5.69 Å². The molecule has 20 heavy (non-hydrogen) atoms. The lowest BCUT2D eigenvalue weighted by Crippen LogP contribution is -2.35. The zero-order valence-electron chi connectivity index (χ0n) is 11.4. The number of benzene rings is 1. The number of sulfonamides is 1. The van der Waals surface area contributed by atoms with Crippen LogP contribution < -0.4 is 5.73 Å². The van der Waals surface area contributed by atoms with Crippen molar-refractivity contribution in [2.24, 2.45) is 5.92 Å². The molecule has 112 valence electrons. The van der Waals surface area contributed by atoms with Gasteiger partial charge < -0.3 is 10.5 Å². The number of nitrogen functional groups attached to an aromatic ring is 1. The molecule has 0 amide bonds. The molecule has 1 saturated heterocycles. The van der Waals surface area contributed by atoms with Gasteiger partial charge >= 0.3 is 0 Å². The minimum absolute atomic E-state index is 0.145. The van der Waals surface area contributed by atoms with E-state index in [1.807, 2.05) is 0 Å². The molecular weight excluding hydrogens is 344 g/mol. The van der Waals surface area contributed by atoms with Crippen LogP contribution in [-0.4, -0.2) is 39.5 Å². The molecule has 1 atom stereocenters. The zero-order valence-corrected chi connectivity index (χ0v) is 13.8. The number of rotatable bonds is 4. The first-order chi connectivity index (χ1) is 9.41. The maximum absolute atomic E-state index is 12.6. The van der Waals surface area contributed by atoms with Crippen LogP contribution in [0.3, 0.4) is 0 Å². The smallest absolute Gasteiger partial charge is 0.244 e. The Hall–Kier alpha value is -0.630. The summed E-state index contributed by atoms with van der Waals surface area (Å²) >= 11 is 3.28. The molecule has 1 aromatic carbocycles. The monoisotopic (exact) mass is 362 g/mol. The fourth-order valence-electron chi connectivity index (χ4n) is 2.31. The molecule has 1 aliphatic heterocycles. The van der Waals surface area contributed by atoms with Gasteiger partial charge in [0.25, 0.3) is 0 Å². The van der Waals surface area contributed by atoms with Crippen molar-refractivity contribution in [1.82, 2.24) is 4.31 Å². The van der Waals surface area contributed by atoms with Crippen molar-refractivity contribution in [1.29, 1.82) is 0 Å². The van der Waals surface area contributed by atoms with Crippen molar-refractivity contribution in [3.8, 4) is 0 Å². The molecule has 2 N–H and O–H groups in total. The molecule has 7 heteroatoms. The van der Waals surface area contributed by atoms with Gasteiger partial charge in [-0.1, -0.05) is 15.9 Å². The Morgan fingerprint density at radius 2 is 2.25 bits per heavy atom. The van der Waals surface area contributed by atoms with Crippen LogP contribution in [0.25, 0.3) is 0 Å². The van der Waals surface area contributed by atoms with Crippen LogP contribution in [0.5, 0.6) is 0 Å². The standard InChI is InChI=1S/C13H19BrN2O3S/c1-16(8-10-3-2-6-19-9-10)20(17,18)13-7-11(14)4-5-12(13)15/h4-5,7,10H,2-3,6,8-9,15H2,1H3. The Balaban J connectivity index is 2.18. The van der Waals surface area contributed by atoms with E-state index in [4.69, 9.17) is 10.5 Å². The van der Waals surface area contributed by atoms with Crippen molar-refractivity contribution < 1.29 is 13.2 Å². The van der Waals surface area contributed by atoms with E-state index in [-0.39, 0.29) is 16.5 Å². The summed E-state index contributed by atoms with van der Waals surface area (Å²) in [6.07, 6.45) is 1.98. The lowest BCUT2D eigenvalue weighted by Gasteiger charge is -2.27. The average molecular weight is 363 g/mol. The molecule has 0 radical (unpaired) electrons. The molecule has 1 heterocycles. The van der Waals surface area contributed by atoms with Gasteiger partial charge in [-0.15, -0.1) is 0 Å². The Labute approximate surface area is 128 Å². The van der Waals surface area contributed by atoms with E-state index in [1.54, 1.807) is 25.2 Å². The highest BCUT2D eigenvalue weighted by Crippen LogP contribution is 2.26. The van der Waals surface area contributed by atoms with E-state index in [0.717, 1.165) is 19.4 Å². The number of hydrogen-bond donors (Lipinski definition) is 1. The minimum Gasteiger partial charge on any atom is -0.398 e. The number of hydrogen-bond acceptors (Lipinski definition) is 4. The highest BCUT2D eigenvalue weighted by molar-refractivity contribution is 9.10. The van der Waals surface area contributed by atoms with Crippen molar-refractivity contribution in [3.05, 3.63) is 22.7 Å². The lowest BCUT2D eigenvalue weighted by molar-refractivity contribution is 0.0495. The third-order valence-electron chi connectivity index (χ3n) is 3.43. The Morgan fingerprint density at radius 1 is 1.50 bits per heavy atom. The van der Waals surface area contributed by atoms with E-state index >= 15 is 0 Å². The topological polar surface area (TPSA) is 72.6 Å². The molecule has 1 aromatic rings. The van der Waals surface area contributed by atoms with E-state index in [9.17, 15) is 8.42 Å². The second kappa shape index (κ2) is 6.43. The van der Waals surface area contributed by atoms with Crippen LogP contribution in [-0.2, 0) is 14.8 Å². The van der Waals surface area contributed by atoms with Gasteiger partial charge in [-0.3, -0.25) is 0 Å². The van der Waals surface area contributed by atoms with Gasteiger partial charge in [0.2, 0.25) is 10.0 Å². The molecule has 5 nitrogen and oxygen atoms in total. The Kier molecular flexibility index (Phi) is 5.06. The lowest BCUT2D eigenvalue weighted by atomic mass is 10.0. The maximum atomic E-state index is 12.6. The van der Waals surface area contributed by atoms with Crippen LogP contribution in [0, 0.1) is 5.92 Å². The second-order valence-corrected chi connectivity index (χ2v) is 7.98. The van der Waals surface area contributed by atoms with Crippen molar-refractivity contribution in [2.45, 2.75) is 17.7 Å². The summed E-state index contributed by atoms with van der Waals surface area (Å²) in [6.45, 7) is 1.84. The van der Waals surface area contributed by atoms with E-state index in [0.29, 0.717) is 17.6 Å². The first-order valence-corrected chi connectivity index (χ1v) is 8.73. The molecule has 1 aliphatic rings. The summed E-state index contributed by atoms with van der Waals surface area (Å²) in [5.41, 5.74) is 6.06. The minimum atomic E-state index is -3.57. The van der Waals surface area contributed by atoms with Gasteiger partial charge in [-0.25, -0.2) is 12.7 Å². The molecule has 0 saturated carbocycles. The fourth-order valence-corrected chi connectivity index (χ4v) is 4.21. The van der Waals surface area contributed by atoms with Crippen LogP contribution in [0.1, 0.15) is 12.8 Å². The van der Waals surface area contributed by atoms with E-state index in [1.165, 1.54) is 4.31 Å². The summed E-state index contributed by atoms with van der Waals surface area (Å²) in [5.74, 6) is 0.247. The normalized spacial score (nSPS) is 20.2. The second-order valence-electron chi connectivity index (χ2n) is 5.05. The first-order valence-electron chi connectivity index (χ1n) is 6.50. The Morgan fingerprint density at radius 3 is 2.90 bits per heavy atom. The quantitative estimate of drug-likeness (QED) is 0.832. The van der Waals surface area contributed by atoms with Gasteiger partial charge in [0.1, 0.15) is 4.90 Å². The van der Waals surface area contributed by atoms with Gasteiger partial charge in [0.05, 0.1) is 12.3 Å².